The fourth-order valence-corrected chi connectivity index (χ4v) is 3.57. The molecule has 0 aliphatic carbocycles. The van der Waals surface area contributed by atoms with E-state index in [-0.39, 0.29) is 6.04 Å². The predicted molar refractivity (Wildman–Crippen MR) is 99.1 cm³/mol. The Bertz CT molecular complexity index is 920. The van der Waals surface area contributed by atoms with E-state index < -0.39 is 0 Å². The average molecular weight is 297 g/mol. The normalized spacial score (nSPS) is 16.4. The summed E-state index contributed by atoms with van der Waals surface area (Å²) >= 11 is 0. The third-order valence-corrected chi connectivity index (χ3v) is 4.69. The van der Waals surface area contributed by atoms with Crippen molar-refractivity contribution in [2.24, 2.45) is 0 Å². The smallest absolute Gasteiger partial charge is 0.0798 e. The molecule has 1 heterocycles. The number of hydrogen-bond donors (Lipinski definition) is 0. The summed E-state index contributed by atoms with van der Waals surface area (Å²) in [6.45, 7) is 3.98. The molecule has 3 aromatic carbocycles. The van der Waals surface area contributed by atoms with Gasteiger partial charge in [-0.25, -0.2) is 0 Å². The first-order valence-corrected chi connectivity index (χ1v) is 7.93. The minimum Gasteiger partial charge on any atom is -0.369 e. The van der Waals surface area contributed by atoms with Crippen LogP contribution >= 0.6 is 0 Å². The lowest BCUT2D eigenvalue weighted by Crippen LogP contribution is -2.24. The van der Waals surface area contributed by atoms with Crippen LogP contribution in [-0.2, 0) is 0 Å². The van der Waals surface area contributed by atoms with Crippen molar-refractivity contribution in [3.05, 3.63) is 95.7 Å². The van der Waals surface area contributed by atoms with Crippen molar-refractivity contribution in [2.75, 3.05) is 7.05 Å². The summed E-state index contributed by atoms with van der Waals surface area (Å²) in [5.74, 6) is 0. The molecule has 1 aliphatic heterocycles. The zero-order valence-electron chi connectivity index (χ0n) is 13.2. The van der Waals surface area contributed by atoms with Crippen LogP contribution in [0.3, 0.4) is 0 Å². The summed E-state index contributed by atoms with van der Waals surface area (Å²) in [7, 11) is 2.14. The number of nitrogens with zero attached hydrogens (tertiary/aromatic N) is 1. The maximum absolute atomic E-state index is 3.98. The van der Waals surface area contributed by atoms with Crippen molar-refractivity contribution in [2.45, 2.75) is 6.04 Å². The molecule has 1 aliphatic rings. The molecule has 0 bridgehead atoms. The van der Waals surface area contributed by atoms with E-state index in [0.29, 0.717) is 0 Å². The first-order chi connectivity index (χ1) is 11.3. The number of rotatable bonds is 2. The Labute approximate surface area is 137 Å². The molecule has 112 valence electrons. The van der Waals surface area contributed by atoms with E-state index in [1.54, 1.807) is 0 Å². The van der Waals surface area contributed by atoms with Crippen LogP contribution in [-0.4, -0.2) is 11.9 Å². The van der Waals surface area contributed by atoms with Crippen molar-refractivity contribution in [1.82, 2.24) is 4.90 Å². The Hall–Kier alpha value is -2.80. The van der Waals surface area contributed by atoms with Gasteiger partial charge in [-0.2, -0.15) is 0 Å². The highest BCUT2D eigenvalue weighted by Gasteiger charge is 2.25. The van der Waals surface area contributed by atoms with Crippen molar-refractivity contribution >= 4 is 22.9 Å². The molecule has 0 radical (unpaired) electrons. The summed E-state index contributed by atoms with van der Waals surface area (Å²) < 4.78 is 0. The molecule has 3 aromatic rings. The van der Waals surface area contributed by atoms with Gasteiger partial charge in [0.25, 0.3) is 0 Å². The monoisotopic (exact) mass is 297 g/mol. The second kappa shape index (κ2) is 5.44. The molecule has 1 heteroatoms. The Balaban J connectivity index is 1.98. The van der Waals surface area contributed by atoms with E-state index in [2.05, 4.69) is 91.5 Å². The second-order valence-corrected chi connectivity index (χ2v) is 6.01. The molecule has 0 N–H and O–H groups in total. The highest BCUT2D eigenvalue weighted by molar-refractivity contribution is 5.92. The van der Waals surface area contributed by atoms with Gasteiger partial charge in [-0.15, -0.1) is 0 Å². The van der Waals surface area contributed by atoms with E-state index in [1.165, 1.54) is 33.0 Å². The molecule has 23 heavy (non-hydrogen) atoms. The summed E-state index contributed by atoms with van der Waals surface area (Å²) in [5.41, 5.74) is 5.16. The van der Waals surface area contributed by atoms with Gasteiger partial charge in [-0.3, -0.25) is 0 Å². The molecule has 1 nitrogen and oxygen atoms in total. The number of hydrogen-bond acceptors (Lipinski definition) is 1. The van der Waals surface area contributed by atoms with Crippen LogP contribution in [0, 0.1) is 0 Å². The largest absolute Gasteiger partial charge is 0.369 e. The fourth-order valence-electron chi connectivity index (χ4n) is 3.57. The van der Waals surface area contributed by atoms with E-state index in [9.17, 15) is 0 Å². The topological polar surface area (TPSA) is 3.24 Å². The average Bonchev–Trinajstić information content (AvgIpc) is 2.61. The maximum Gasteiger partial charge on any atom is 0.0798 e. The number of fused-ring (bicyclic) bond motifs is 3. The molecule has 0 aromatic heterocycles. The van der Waals surface area contributed by atoms with Gasteiger partial charge < -0.3 is 4.90 Å². The van der Waals surface area contributed by atoms with Crippen LogP contribution < -0.4 is 0 Å². The molecular weight excluding hydrogens is 278 g/mol. The zero-order valence-corrected chi connectivity index (χ0v) is 13.2. The van der Waals surface area contributed by atoms with Crippen molar-refractivity contribution in [3.63, 3.8) is 0 Å². The first kappa shape index (κ1) is 13.8. The van der Waals surface area contributed by atoms with Gasteiger partial charge in [0.1, 0.15) is 0 Å². The van der Waals surface area contributed by atoms with E-state index in [4.69, 9.17) is 0 Å². The van der Waals surface area contributed by atoms with E-state index in [0.717, 1.165) is 0 Å². The molecule has 1 unspecified atom stereocenters. The summed E-state index contributed by atoms with van der Waals surface area (Å²) in [5, 5.41) is 2.60. The molecule has 0 spiro atoms. The molecule has 4 rings (SSSR count). The van der Waals surface area contributed by atoms with Gasteiger partial charge in [0.15, 0.2) is 0 Å². The quantitative estimate of drug-likeness (QED) is 0.604. The van der Waals surface area contributed by atoms with Gasteiger partial charge in [0.05, 0.1) is 6.04 Å². The van der Waals surface area contributed by atoms with Crippen LogP contribution in [0.4, 0.5) is 0 Å². The standard InChI is InChI=1S/C22H19N/c1-3-16-8-4-7-11-19(16)22-21-13-12-17-9-5-6-10-18(17)20(21)14-15-23(22)2/h3-15,22H,1H2,2H3. The van der Waals surface area contributed by atoms with Crippen molar-refractivity contribution in [1.29, 1.82) is 0 Å². The molecule has 1 atom stereocenters. The van der Waals surface area contributed by atoms with Crippen LogP contribution in [0.5, 0.6) is 0 Å². The minimum atomic E-state index is 0.216. The van der Waals surface area contributed by atoms with Crippen molar-refractivity contribution in [3.8, 4) is 0 Å². The maximum atomic E-state index is 3.98. The van der Waals surface area contributed by atoms with Gasteiger partial charge in [0.2, 0.25) is 0 Å². The SMILES string of the molecule is C=Cc1ccccc1C1c2ccc3ccccc3c2C=CN1C. The Morgan fingerprint density at radius 1 is 0.913 bits per heavy atom. The lowest BCUT2D eigenvalue weighted by atomic mass is 9.86. The van der Waals surface area contributed by atoms with Crippen LogP contribution in [0.25, 0.3) is 22.9 Å². The Kier molecular flexibility index (Phi) is 3.27. The third-order valence-electron chi connectivity index (χ3n) is 4.69. The molecule has 0 saturated carbocycles. The first-order valence-electron chi connectivity index (χ1n) is 7.93. The van der Waals surface area contributed by atoms with Crippen molar-refractivity contribution < 1.29 is 0 Å². The molecule has 0 amide bonds. The summed E-state index contributed by atoms with van der Waals surface area (Å²) in [6.07, 6.45) is 6.35. The van der Waals surface area contributed by atoms with Gasteiger partial charge in [-0.1, -0.05) is 73.3 Å². The van der Waals surface area contributed by atoms with E-state index >= 15 is 0 Å². The summed E-state index contributed by atoms with van der Waals surface area (Å²) in [6, 6.07) is 21.8. The third kappa shape index (κ3) is 2.17. The second-order valence-electron chi connectivity index (χ2n) is 6.01. The van der Waals surface area contributed by atoms with Gasteiger partial charge in [-0.05, 0) is 39.1 Å². The highest BCUT2D eigenvalue weighted by atomic mass is 15.1. The van der Waals surface area contributed by atoms with Gasteiger partial charge in [0, 0.05) is 13.2 Å². The highest BCUT2D eigenvalue weighted by Crippen LogP contribution is 2.39. The van der Waals surface area contributed by atoms with Crippen LogP contribution in [0.2, 0.25) is 0 Å². The van der Waals surface area contributed by atoms with E-state index in [1.807, 2.05) is 6.08 Å². The lowest BCUT2D eigenvalue weighted by Gasteiger charge is -2.33. The zero-order chi connectivity index (χ0) is 15.8. The Morgan fingerprint density at radius 2 is 1.70 bits per heavy atom. The molecule has 0 fully saturated rings. The minimum absolute atomic E-state index is 0.216. The lowest BCUT2D eigenvalue weighted by molar-refractivity contribution is 0.381. The molecule has 0 saturated heterocycles. The van der Waals surface area contributed by atoms with Crippen LogP contribution in [0.15, 0.2) is 73.4 Å². The van der Waals surface area contributed by atoms with Crippen LogP contribution in [0.1, 0.15) is 28.3 Å². The fraction of sp³-hybridized carbons (Fsp3) is 0.0909. The Morgan fingerprint density at radius 3 is 2.57 bits per heavy atom. The van der Waals surface area contributed by atoms with Gasteiger partial charge >= 0.3 is 0 Å². The molecular formula is C22H19N. The number of benzene rings is 3. The predicted octanol–water partition coefficient (Wildman–Crippen LogP) is 5.49. The summed E-state index contributed by atoms with van der Waals surface area (Å²) in [4.78, 5) is 2.28.